The quantitative estimate of drug-likeness (QED) is 0.449. The first-order valence-electron chi connectivity index (χ1n) is 10.3. The fraction of sp³-hybridized carbons (Fsp3) is 0.160. The van der Waals surface area contributed by atoms with Crippen molar-refractivity contribution in [2.45, 2.75) is 20.0 Å². The Morgan fingerprint density at radius 1 is 0.969 bits per heavy atom. The van der Waals surface area contributed by atoms with E-state index >= 15 is 0 Å². The molecule has 0 fully saturated rings. The van der Waals surface area contributed by atoms with Crippen LogP contribution in [0.4, 0.5) is 0 Å². The molecular weight excluding hydrogens is 404 g/mol. The van der Waals surface area contributed by atoms with E-state index in [0.29, 0.717) is 23.6 Å². The van der Waals surface area contributed by atoms with Crippen molar-refractivity contribution in [3.8, 4) is 11.3 Å². The standard InChI is InChI=1S/C25H24N4O3/c1-18-9-11-20(12-10-18)24-22(17-29(28-24)16-19-6-3-2-4-7-19)25(31)27-15-23(30)26-14-21-8-5-13-32-21/h2-13,17H,14-16H2,1H3,(H,26,30)(H,27,31). The highest BCUT2D eigenvalue weighted by Gasteiger charge is 2.19. The number of aromatic nitrogens is 2. The van der Waals surface area contributed by atoms with Gasteiger partial charge in [-0.25, -0.2) is 0 Å². The summed E-state index contributed by atoms with van der Waals surface area (Å²) in [7, 11) is 0. The van der Waals surface area contributed by atoms with Crippen LogP contribution in [0.5, 0.6) is 0 Å². The van der Waals surface area contributed by atoms with Gasteiger partial charge in [0, 0.05) is 11.8 Å². The predicted octanol–water partition coefficient (Wildman–Crippen LogP) is 3.55. The normalized spacial score (nSPS) is 10.7. The van der Waals surface area contributed by atoms with Crippen LogP contribution in [0.25, 0.3) is 11.3 Å². The van der Waals surface area contributed by atoms with Crippen molar-refractivity contribution in [2.75, 3.05) is 6.54 Å². The summed E-state index contributed by atoms with van der Waals surface area (Å²) in [6.07, 6.45) is 3.27. The first kappa shape index (κ1) is 21.1. The molecular formula is C25H24N4O3. The number of furan rings is 1. The number of hydrogen-bond acceptors (Lipinski definition) is 4. The highest BCUT2D eigenvalue weighted by Crippen LogP contribution is 2.23. The summed E-state index contributed by atoms with van der Waals surface area (Å²) < 4.78 is 6.94. The lowest BCUT2D eigenvalue weighted by atomic mass is 10.1. The summed E-state index contributed by atoms with van der Waals surface area (Å²) in [6.45, 7) is 2.67. The number of carbonyl (C=O) groups excluding carboxylic acids is 2. The molecule has 4 rings (SSSR count). The second-order valence-electron chi connectivity index (χ2n) is 7.48. The van der Waals surface area contributed by atoms with Gasteiger partial charge in [0.1, 0.15) is 11.5 Å². The molecule has 32 heavy (non-hydrogen) atoms. The molecule has 2 aromatic heterocycles. The van der Waals surface area contributed by atoms with Crippen LogP contribution < -0.4 is 10.6 Å². The number of carbonyl (C=O) groups is 2. The van der Waals surface area contributed by atoms with Gasteiger partial charge in [0.25, 0.3) is 5.91 Å². The second-order valence-corrected chi connectivity index (χ2v) is 7.48. The zero-order valence-electron chi connectivity index (χ0n) is 17.7. The molecule has 0 aliphatic heterocycles. The average Bonchev–Trinajstić information content (AvgIpc) is 3.47. The molecule has 2 amide bonds. The van der Waals surface area contributed by atoms with E-state index in [4.69, 9.17) is 4.42 Å². The molecule has 7 heteroatoms. The van der Waals surface area contributed by atoms with Crippen LogP contribution in [-0.4, -0.2) is 28.1 Å². The van der Waals surface area contributed by atoms with Crippen molar-refractivity contribution >= 4 is 11.8 Å². The lowest BCUT2D eigenvalue weighted by Gasteiger charge is -2.06. The molecule has 2 aromatic carbocycles. The van der Waals surface area contributed by atoms with E-state index in [9.17, 15) is 9.59 Å². The maximum Gasteiger partial charge on any atom is 0.255 e. The number of rotatable bonds is 8. The Hall–Kier alpha value is -4.13. The highest BCUT2D eigenvalue weighted by molar-refractivity contribution is 6.01. The molecule has 0 aliphatic rings. The third-order valence-corrected chi connectivity index (χ3v) is 4.97. The molecule has 0 atom stereocenters. The van der Waals surface area contributed by atoms with E-state index in [-0.39, 0.29) is 24.9 Å². The summed E-state index contributed by atoms with van der Waals surface area (Å²) >= 11 is 0. The molecule has 0 unspecified atom stereocenters. The number of nitrogens with zero attached hydrogens (tertiary/aromatic N) is 2. The van der Waals surface area contributed by atoms with Crippen molar-refractivity contribution in [3.63, 3.8) is 0 Å². The number of nitrogens with one attached hydrogen (secondary N) is 2. The van der Waals surface area contributed by atoms with Crippen LogP contribution in [0.1, 0.15) is 27.2 Å². The van der Waals surface area contributed by atoms with Crippen LogP contribution in [-0.2, 0) is 17.9 Å². The van der Waals surface area contributed by atoms with E-state index in [1.54, 1.807) is 29.3 Å². The predicted molar refractivity (Wildman–Crippen MR) is 121 cm³/mol. The number of hydrogen-bond donors (Lipinski definition) is 2. The second kappa shape index (κ2) is 9.78. The molecule has 2 heterocycles. The molecule has 0 aliphatic carbocycles. The van der Waals surface area contributed by atoms with Gasteiger partial charge in [-0.2, -0.15) is 5.10 Å². The number of amides is 2. The van der Waals surface area contributed by atoms with E-state index in [1.807, 2.05) is 61.5 Å². The molecule has 162 valence electrons. The summed E-state index contributed by atoms with van der Waals surface area (Å²) in [5.41, 5.74) is 4.04. The topological polar surface area (TPSA) is 89.2 Å². The summed E-state index contributed by atoms with van der Waals surface area (Å²) in [5.74, 6) is -0.00938. The van der Waals surface area contributed by atoms with Crippen molar-refractivity contribution in [2.24, 2.45) is 0 Å². The molecule has 0 bridgehead atoms. The van der Waals surface area contributed by atoms with Gasteiger partial charge >= 0.3 is 0 Å². The summed E-state index contributed by atoms with van der Waals surface area (Å²) in [4.78, 5) is 25.1. The Morgan fingerprint density at radius 2 is 1.75 bits per heavy atom. The number of aryl methyl sites for hydroxylation is 1. The summed E-state index contributed by atoms with van der Waals surface area (Å²) in [5, 5.41) is 10.1. The van der Waals surface area contributed by atoms with Gasteiger partial charge < -0.3 is 15.1 Å². The van der Waals surface area contributed by atoms with E-state index in [0.717, 1.165) is 16.7 Å². The molecule has 4 aromatic rings. The SMILES string of the molecule is Cc1ccc(-c2nn(Cc3ccccc3)cc2C(=O)NCC(=O)NCc2ccco2)cc1. The van der Waals surface area contributed by atoms with Gasteiger partial charge in [-0.3, -0.25) is 14.3 Å². The molecule has 2 N–H and O–H groups in total. The Balaban J connectivity index is 1.49. The van der Waals surface area contributed by atoms with Crippen molar-refractivity contribution < 1.29 is 14.0 Å². The minimum Gasteiger partial charge on any atom is -0.467 e. The van der Waals surface area contributed by atoms with Crippen LogP contribution in [0, 0.1) is 6.92 Å². The van der Waals surface area contributed by atoms with E-state index < -0.39 is 0 Å². The Bertz CT molecular complexity index is 1180. The Morgan fingerprint density at radius 3 is 2.47 bits per heavy atom. The van der Waals surface area contributed by atoms with Crippen molar-refractivity contribution in [1.29, 1.82) is 0 Å². The monoisotopic (exact) mass is 428 g/mol. The Kier molecular flexibility index (Phi) is 6.46. The third-order valence-electron chi connectivity index (χ3n) is 4.97. The van der Waals surface area contributed by atoms with Crippen LogP contribution in [0.2, 0.25) is 0 Å². The van der Waals surface area contributed by atoms with E-state index in [2.05, 4.69) is 15.7 Å². The van der Waals surface area contributed by atoms with Crippen molar-refractivity contribution in [1.82, 2.24) is 20.4 Å². The smallest absolute Gasteiger partial charge is 0.255 e. The molecule has 0 saturated heterocycles. The molecule has 7 nitrogen and oxygen atoms in total. The lowest BCUT2D eigenvalue weighted by molar-refractivity contribution is -0.120. The van der Waals surface area contributed by atoms with Crippen LogP contribution >= 0.6 is 0 Å². The Labute approximate surface area is 186 Å². The van der Waals surface area contributed by atoms with Crippen LogP contribution in [0.3, 0.4) is 0 Å². The average molecular weight is 428 g/mol. The third kappa shape index (κ3) is 5.31. The highest BCUT2D eigenvalue weighted by atomic mass is 16.3. The first-order valence-corrected chi connectivity index (χ1v) is 10.3. The van der Waals surface area contributed by atoms with Gasteiger partial charge in [0.15, 0.2) is 0 Å². The van der Waals surface area contributed by atoms with Crippen LogP contribution in [0.15, 0.2) is 83.6 Å². The zero-order valence-corrected chi connectivity index (χ0v) is 17.7. The van der Waals surface area contributed by atoms with Crippen molar-refractivity contribution in [3.05, 3.63) is 102 Å². The fourth-order valence-electron chi connectivity index (χ4n) is 3.28. The van der Waals surface area contributed by atoms with Gasteiger partial charge in [0.05, 0.1) is 31.5 Å². The number of benzene rings is 2. The summed E-state index contributed by atoms with van der Waals surface area (Å²) in [6, 6.07) is 21.3. The minimum atomic E-state index is -0.354. The fourth-order valence-corrected chi connectivity index (χ4v) is 3.28. The van der Waals surface area contributed by atoms with Gasteiger partial charge in [-0.05, 0) is 24.6 Å². The lowest BCUT2D eigenvalue weighted by Crippen LogP contribution is -2.36. The van der Waals surface area contributed by atoms with E-state index in [1.165, 1.54) is 0 Å². The molecule has 0 radical (unpaired) electrons. The molecule has 0 spiro atoms. The van der Waals surface area contributed by atoms with Gasteiger partial charge in [-0.15, -0.1) is 0 Å². The maximum atomic E-state index is 12.9. The van der Waals surface area contributed by atoms with Gasteiger partial charge in [-0.1, -0.05) is 60.2 Å². The first-order chi connectivity index (χ1) is 15.6. The van der Waals surface area contributed by atoms with Gasteiger partial charge in [0.2, 0.25) is 5.91 Å². The maximum absolute atomic E-state index is 12.9. The largest absolute Gasteiger partial charge is 0.467 e. The minimum absolute atomic E-state index is 0.142. The zero-order chi connectivity index (χ0) is 22.3. The molecule has 0 saturated carbocycles.